The van der Waals surface area contributed by atoms with Gasteiger partial charge < -0.3 is 20.4 Å². The van der Waals surface area contributed by atoms with Crippen molar-refractivity contribution in [3.8, 4) is 11.5 Å². The number of nitrogens with one attached hydrogen (secondary N) is 1. The second-order valence-electron chi connectivity index (χ2n) is 5.18. The molecule has 2 rings (SSSR count). The highest BCUT2D eigenvalue weighted by atomic mass is 16.3. The molecule has 0 radical (unpaired) electrons. The van der Waals surface area contributed by atoms with E-state index in [1.54, 1.807) is 0 Å². The molecule has 1 aliphatic heterocycles. The summed E-state index contributed by atoms with van der Waals surface area (Å²) >= 11 is 0. The van der Waals surface area contributed by atoms with E-state index in [-0.39, 0.29) is 23.0 Å². The van der Waals surface area contributed by atoms with Crippen molar-refractivity contribution >= 4 is 5.91 Å². The van der Waals surface area contributed by atoms with Crippen LogP contribution in [-0.2, 0) is 0 Å². The summed E-state index contributed by atoms with van der Waals surface area (Å²) in [6.45, 7) is 2.72. The first-order chi connectivity index (χ1) is 9.06. The van der Waals surface area contributed by atoms with Crippen molar-refractivity contribution < 1.29 is 15.0 Å². The van der Waals surface area contributed by atoms with Crippen LogP contribution in [0.3, 0.4) is 0 Å². The molecule has 3 N–H and O–H groups in total. The van der Waals surface area contributed by atoms with Crippen molar-refractivity contribution in [3.05, 3.63) is 23.8 Å². The zero-order valence-corrected chi connectivity index (χ0v) is 11.1. The first-order valence-corrected chi connectivity index (χ1v) is 6.55. The number of benzene rings is 1. The Bertz CT molecular complexity index is 462. The number of phenolic OH excluding ortho intramolecular Hbond substituents is 2. The average molecular weight is 264 g/mol. The van der Waals surface area contributed by atoms with Gasteiger partial charge in [-0.2, -0.15) is 0 Å². The fourth-order valence-corrected chi connectivity index (χ4v) is 2.48. The summed E-state index contributed by atoms with van der Waals surface area (Å²) in [7, 11) is 2.08. The van der Waals surface area contributed by atoms with Gasteiger partial charge >= 0.3 is 0 Å². The van der Waals surface area contributed by atoms with Gasteiger partial charge in [0.25, 0.3) is 5.91 Å². The maximum atomic E-state index is 11.9. The smallest absolute Gasteiger partial charge is 0.255 e. The Hall–Kier alpha value is -1.75. The lowest BCUT2D eigenvalue weighted by atomic mass is 9.98. The summed E-state index contributed by atoms with van der Waals surface area (Å²) in [5.41, 5.74) is 0.196. The van der Waals surface area contributed by atoms with Crippen molar-refractivity contribution in [1.29, 1.82) is 0 Å². The van der Waals surface area contributed by atoms with Crippen molar-refractivity contribution in [2.24, 2.45) is 5.92 Å². The highest BCUT2D eigenvalue weighted by Gasteiger charge is 2.19. The molecule has 1 aromatic carbocycles. The summed E-state index contributed by atoms with van der Waals surface area (Å²) < 4.78 is 0. The highest BCUT2D eigenvalue weighted by molar-refractivity contribution is 5.96. The molecule has 1 saturated heterocycles. The molecule has 1 atom stereocenters. The third kappa shape index (κ3) is 3.61. The van der Waals surface area contributed by atoms with Crippen LogP contribution in [0, 0.1) is 5.92 Å². The molecule has 1 aliphatic rings. The number of rotatable bonds is 3. The van der Waals surface area contributed by atoms with Crippen molar-refractivity contribution in [1.82, 2.24) is 10.2 Å². The molecule has 5 nitrogen and oxygen atoms in total. The molecular formula is C14H20N2O3. The quantitative estimate of drug-likeness (QED) is 0.766. The molecule has 0 aliphatic carbocycles. The predicted molar refractivity (Wildman–Crippen MR) is 72.3 cm³/mol. The molecule has 104 valence electrons. The first-order valence-electron chi connectivity index (χ1n) is 6.55. The number of carbonyl (C=O) groups is 1. The Balaban J connectivity index is 1.90. The Morgan fingerprint density at radius 3 is 2.95 bits per heavy atom. The van der Waals surface area contributed by atoms with Crippen LogP contribution < -0.4 is 5.32 Å². The van der Waals surface area contributed by atoms with E-state index in [2.05, 4.69) is 17.3 Å². The number of carbonyl (C=O) groups excluding carboxylic acids is 1. The number of phenols is 2. The van der Waals surface area contributed by atoms with E-state index >= 15 is 0 Å². The maximum Gasteiger partial charge on any atom is 0.255 e. The molecule has 0 saturated carbocycles. The number of nitrogens with zero attached hydrogens (tertiary/aromatic N) is 1. The van der Waals surface area contributed by atoms with Gasteiger partial charge in [-0.05, 0) is 44.5 Å². The molecular weight excluding hydrogens is 244 g/mol. The highest BCUT2D eigenvalue weighted by Crippen LogP contribution is 2.22. The van der Waals surface area contributed by atoms with Crippen LogP contribution in [0.4, 0.5) is 0 Å². The van der Waals surface area contributed by atoms with Crippen LogP contribution >= 0.6 is 0 Å². The van der Waals surface area contributed by atoms with Gasteiger partial charge in [-0.3, -0.25) is 4.79 Å². The summed E-state index contributed by atoms with van der Waals surface area (Å²) in [6, 6.07) is 3.99. The minimum atomic E-state index is -0.300. The molecule has 1 heterocycles. The lowest BCUT2D eigenvalue weighted by Gasteiger charge is -2.29. The third-order valence-electron chi connectivity index (χ3n) is 3.50. The van der Waals surface area contributed by atoms with Gasteiger partial charge in [0.15, 0.2) is 0 Å². The van der Waals surface area contributed by atoms with Crippen LogP contribution in [0.2, 0.25) is 0 Å². The molecule has 0 bridgehead atoms. The number of piperidine rings is 1. The van der Waals surface area contributed by atoms with Crippen LogP contribution in [0.5, 0.6) is 11.5 Å². The zero-order valence-electron chi connectivity index (χ0n) is 11.1. The fraction of sp³-hybridized carbons (Fsp3) is 0.500. The molecule has 1 unspecified atom stereocenters. The Morgan fingerprint density at radius 2 is 2.26 bits per heavy atom. The van der Waals surface area contributed by atoms with Gasteiger partial charge in [0.05, 0.1) is 5.56 Å². The van der Waals surface area contributed by atoms with Gasteiger partial charge in [0.1, 0.15) is 11.5 Å². The third-order valence-corrected chi connectivity index (χ3v) is 3.50. The second kappa shape index (κ2) is 5.93. The fourth-order valence-electron chi connectivity index (χ4n) is 2.48. The number of aromatic hydroxyl groups is 2. The largest absolute Gasteiger partial charge is 0.508 e. The van der Waals surface area contributed by atoms with Gasteiger partial charge in [0, 0.05) is 19.2 Å². The van der Waals surface area contributed by atoms with E-state index in [0.29, 0.717) is 12.5 Å². The Morgan fingerprint density at radius 1 is 1.47 bits per heavy atom. The topological polar surface area (TPSA) is 72.8 Å². The molecule has 1 fully saturated rings. The molecule has 1 amide bonds. The van der Waals surface area contributed by atoms with Crippen LogP contribution in [0.1, 0.15) is 23.2 Å². The summed E-state index contributed by atoms with van der Waals surface area (Å²) in [5, 5.41) is 21.6. The SMILES string of the molecule is CN1CCCC(CNC(=O)c2ccc(O)cc2O)C1. The number of likely N-dealkylation sites (tertiary alicyclic amines) is 1. The minimum Gasteiger partial charge on any atom is -0.508 e. The van der Waals surface area contributed by atoms with Crippen LogP contribution in [0.15, 0.2) is 18.2 Å². The van der Waals surface area contributed by atoms with Gasteiger partial charge in [-0.25, -0.2) is 0 Å². The van der Waals surface area contributed by atoms with E-state index < -0.39 is 0 Å². The molecule has 1 aromatic rings. The number of amides is 1. The first kappa shape index (κ1) is 13.7. The van der Waals surface area contributed by atoms with Crippen molar-refractivity contribution in [3.63, 3.8) is 0 Å². The van der Waals surface area contributed by atoms with Gasteiger partial charge in [-0.15, -0.1) is 0 Å². The minimum absolute atomic E-state index is 0.0528. The second-order valence-corrected chi connectivity index (χ2v) is 5.18. The lowest BCUT2D eigenvalue weighted by molar-refractivity contribution is 0.0934. The van der Waals surface area contributed by atoms with E-state index in [4.69, 9.17) is 0 Å². The Labute approximate surface area is 112 Å². The molecule has 0 spiro atoms. The van der Waals surface area contributed by atoms with Crippen LogP contribution in [-0.4, -0.2) is 47.7 Å². The van der Waals surface area contributed by atoms with Gasteiger partial charge in [0.2, 0.25) is 0 Å². The normalized spacial score (nSPS) is 20.2. The molecule has 19 heavy (non-hydrogen) atoms. The Kier molecular flexibility index (Phi) is 4.27. The van der Waals surface area contributed by atoms with E-state index in [0.717, 1.165) is 25.9 Å². The summed E-state index contributed by atoms with van der Waals surface area (Å²) in [4.78, 5) is 14.2. The van der Waals surface area contributed by atoms with E-state index in [1.807, 2.05) is 0 Å². The number of hydrogen-bond donors (Lipinski definition) is 3. The maximum absolute atomic E-state index is 11.9. The van der Waals surface area contributed by atoms with Crippen molar-refractivity contribution in [2.45, 2.75) is 12.8 Å². The molecule has 0 aromatic heterocycles. The van der Waals surface area contributed by atoms with Crippen molar-refractivity contribution in [2.75, 3.05) is 26.7 Å². The number of hydrogen-bond acceptors (Lipinski definition) is 4. The summed E-state index contributed by atoms with van der Waals surface area (Å²) in [5.74, 6) is -0.0890. The molecule has 5 heteroatoms. The van der Waals surface area contributed by atoms with E-state index in [1.165, 1.54) is 18.2 Å². The lowest BCUT2D eigenvalue weighted by Crippen LogP contribution is -2.39. The monoisotopic (exact) mass is 264 g/mol. The summed E-state index contributed by atoms with van der Waals surface area (Å²) in [6.07, 6.45) is 2.27. The van der Waals surface area contributed by atoms with E-state index in [9.17, 15) is 15.0 Å². The standard InChI is InChI=1S/C14H20N2O3/c1-16-6-2-3-10(9-16)8-15-14(19)12-5-4-11(17)7-13(12)18/h4-5,7,10,17-18H,2-3,6,8-9H2,1H3,(H,15,19). The van der Waals surface area contributed by atoms with Crippen LogP contribution in [0.25, 0.3) is 0 Å². The zero-order chi connectivity index (χ0) is 13.8. The average Bonchev–Trinajstić information content (AvgIpc) is 2.36. The predicted octanol–water partition coefficient (Wildman–Crippen LogP) is 1.17. The van der Waals surface area contributed by atoms with Gasteiger partial charge in [-0.1, -0.05) is 0 Å².